The molecule has 4 nitrogen and oxygen atoms in total. The lowest BCUT2D eigenvalue weighted by Gasteiger charge is -2.18. The minimum Gasteiger partial charge on any atom is -0.373 e. The van der Waals surface area contributed by atoms with Gasteiger partial charge < -0.3 is 10.1 Å². The van der Waals surface area contributed by atoms with E-state index in [-0.39, 0.29) is 6.10 Å². The zero-order valence-electron chi connectivity index (χ0n) is 13.9. The molecule has 120 valence electrons. The van der Waals surface area contributed by atoms with Gasteiger partial charge in [0.2, 0.25) is 0 Å². The molecule has 1 aromatic rings. The van der Waals surface area contributed by atoms with Crippen LogP contribution >= 0.6 is 15.9 Å². The summed E-state index contributed by atoms with van der Waals surface area (Å²) in [6, 6.07) is 0. The lowest BCUT2D eigenvalue weighted by Crippen LogP contribution is -2.14. The summed E-state index contributed by atoms with van der Waals surface area (Å²) in [5.74, 6) is 2.22. The molecular formula is C16H28BrN3O. The number of ether oxygens (including phenoxy) is 1. The van der Waals surface area contributed by atoms with Gasteiger partial charge in [-0.15, -0.1) is 0 Å². The van der Waals surface area contributed by atoms with Crippen LogP contribution in [0.2, 0.25) is 0 Å². The maximum atomic E-state index is 5.57. The third-order valence-electron chi connectivity index (χ3n) is 3.20. The van der Waals surface area contributed by atoms with Crippen LogP contribution in [0.25, 0.3) is 0 Å². The predicted octanol–water partition coefficient (Wildman–Crippen LogP) is 4.75. The van der Waals surface area contributed by atoms with E-state index in [1.165, 1.54) is 0 Å². The van der Waals surface area contributed by atoms with Crippen LogP contribution in [0.3, 0.4) is 0 Å². The van der Waals surface area contributed by atoms with Gasteiger partial charge >= 0.3 is 0 Å². The maximum absolute atomic E-state index is 5.57. The summed E-state index contributed by atoms with van der Waals surface area (Å²) >= 11 is 3.66. The second kappa shape index (κ2) is 9.36. The van der Waals surface area contributed by atoms with Gasteiger partial charge in [0.15, 0.2) is 5.82 Å². The van der Waals surface area contributed by atoms with Crippen molar-refractivity contribution in [2.45, 2.75) is 59.5 Å². The van der Waals surface area contributed by atoms with Crippen molar-refractivity contribution in [2.24, 2.45) is 5.92 Å². The number of aromatic nitrogens is 2. The normalized spacial score (nSPS) is 12.7. The van der Waals surface area contributed by atoms with Crippen molar-refractivity contribution < 1.29 is 4.74 Å². The Morgan fingerprint density at radius 2 is 1.90 bits per heavy atom. The van der Waals surface area contributed by atoms with Crippen LogP contribution in [0.5, 0.6) is 0 Å². The minimum atomic E-state index is -0.0313. The third kappa shape index (κ3) is 5.55. The van der Waals surface area contributed by atoms with Gasteiger partial charge in [0.25, 0.3) is 0 Å². The Kier molecular flexibility index (Phi) is 8.19. The number of rotatable bonds is 9. The molecule has 0 radical (unpaired) electrons. The molecule has 1 N–H and O–H groups in total. The molecule has 1 atom stereocenters. The first-order valence-electron chi connectivity index (χ1n) is 7.86. The van der Waals surface area contributed by atoms with Crippen molar-refractivity contribution in [3.05, 3.63) is 16.0 Å². The van der Waals surface area contributed by atoms with E-state index in [9.17, 15) is 0 Å². The average molecular weight is 358 g/mol. The molecule has 0 aromatic carbocycles. The summed E-state index contributed by atoms with van der Waals surface area (Å²) in [6.45, 7) is 9.60. The van der Waals surface area contributed by atoms with Crippen molar-refractivity contribution in [1.29, 1.82) is 0 Å². The number of anilines is 1. The van der Waals surface area contributed by atoms with Crippen LogP contribution in [0.1, 0.15) is 64.6 Å². The number of halogens is 1. The first kappa shape index (κ1) is 18.4. The average Bonchev–Trinajstić information content (AvgIpc) is 2.45. The summed E-state index contributed by atoms with van der Waals surface area (Å²) in [5.41, 5.74) is 1.06. The molecular weight excluding hydrogens is 330 g/mol. The monoisotopic (exact) mass is 357 g/mol. The first-order chi connectivity index (χ1) is 10.0. The van der Waals surface area contributed by atoms with Crippen molar-refractivity contribution in [3.63, 3.8) is 0 Å². The first-order valence-corrected chi connectivity index (χ1v) is 8.65. The maximum Gasteiger partial charge on any atom is 0.159 e. The highest BCUT2D eigenvalue weighted by Gasteiger charge is 2.19. The molecule has 1 aromatic heterocycles. The van der Waals surface area contributed by atoms with Gasteiger partial charge in [-0.05, 0) is 41.1 Å². The lowest BCUT2D eigenvalue weighted by atomic mass is 10.1. The Bertz CT molecular complexity index is 438. The molecule has 0 aliphatic carbocycles. The topological polar surface area (TPSA) is 47.0 Å². The van der Waals surface area contributed by atoms with E-state index in [0.29, 0.717) is 5.92 Å². The van der Waals surface area contributed by atoms with Gasteiger partial charge in [-0.25, -0.2) is 9.97 Å². The summed E-state index contributed by atoms with van der Waals surface area (Å²) in [5, 5.41) is 3.38. The van der Waals surface area contributed by atoms with Crippen molar-refractivity contribution in [3.8, 4) is 0 Å². The van der Waals surface area contributed by atoms with E-state index in [4.69, 9.17) is 9.72 Å². The zero-order valence-corrected chi connectivity index (χ0v) is 15.5. The smallest absolute Gasteiger partial charge is 0.159 e. The Morgan fingerprint density at radius 1 is 1.19 bits per heavy atom. The highest BCUT2D eigenvalue weighted by atomic mass is 79.9. The number of hydrogen-bond donors (Lipinski definition) is 1. The Hall–Kier alpha value is -0.680. The molecule has 21 heavy (non-hydrogen) atoms. The molecule has 0 fully saturated rings. The summed E-state index contributed by atoms with van der Waals surface area (Å²) in [4.78, 5) is 9.42. The molecule has 0 spiro atoms. The zero-order chi connectivity index (χ0) is 15.8. The van der Waals surface area contributed by atoms with E-state index in [0.717, 1.165) is 54.0 Å². The van der Waals surface area contributed by atoms with Crippen molar-refractivity contribution >= 4 is 21.7 Å². The Morgan fingerprint density at radius 3 is 2.43 bits per heavy atom. The van der Waals surface area contributed by atoms with E-state index >= 15 is 0 Å². The molecule has 1 unspecified atom stereocenters. The van der Waals surface area contributed by atoms with Crippen LogP contribution in [-0.2, 0) is 11.2 Å². The van der Waals surface area contributed by atoms with Gasteiger partial charge in [-0.1, -0.05) is 34.1 Å². The van der Waals surface area contributed by atoms with E-state index < -0.39 is 0 Å². The largest absolute Gasteiger partial charge is 0.373 e. The van der Waals surface area contributed by atoms with E-state index in [1.807, 2.05) is 0 Å². The summed E-state index contributed by atoms with van der Waals surface area (Å²) in [7, 11) is 1.73. The highest BCUT2D eigenvalue weighted by molar-refractivity contribution is 9.10. The van der Waals surface area contributed by atoms with Gasteiger partial charge in [0, 0.05) is 13.7 Å². The second-order valence-electron chi connectivity index (χ2n) is 5.73. The van der Waals surface area contributed by atoms with Crippen LogP contribution in [0.15, 0.2) is 4.47 Å². The number of nitrogens with zero attached hydrogens (tertiary/aromatic N) is 2. The van der Waals surface area contributed by atoms with Crippen LogP contribution in [0.4, 0.5) is 5.82 Å². The van der Waals surface area contributed by atoms with Crippen LogP contribution in [0, 0.1) is 5.92 Å². The summed E-state index contributed by atoms with van der Waals surface area (Å²) in [6.07, 6.45) is 3.95. The SMILES string of the molecule is CCCNc1nc(C(CCC)OC)nc(CC(C)C)c1Br. The fraction of sp³-hybridized carbons (Fsp3) is 0.750. The molecule has 0 saturated heterocycles. The number of methoxy groups -OCH3 is 1. The van der Waals surface area contributed by atoms with Gasteiger partial charge in [-0.3, -0.25) is 0 Å². The van der Waals surface area contributed by atoms with Crippen molar-refractivity contribution in [1.82, 2.24) is 9.97 Å². The van der Waals surface area contributed by atoms with E-state index in [2.05, 4.69) is 53.9 Å². The lowest BCUT2D eigenvalue weighted by molar-refractivity contribution is 0.0874. The van der Waals surface area contributed by atoms with Gasteiger partial charge in [0.05, 0.1) is 10.2 Å². The van der Waals surface area contributed by atoms with Crippen LogP contribution < -0.4 is 5.32 Å². The highest BCUT2D eigenvalue weighted by Crippen LogP contribution is 2.29. The quantitative estimate of drug-likeness (QED) is 0.692. The molecule has 5 heteroatoms. The van der Waals surface area contributed by atoms with Gasteiger partial charge in [-0.2, -0.15) is 0 Å². The predicted molar refractivity (Wildman–Crippen MR) is 91.7 cm³/mol. The van der Waals surface area contributed by atoms with Gasteiger partial charge in [0.1, 0.15) is 11.9 Å². The molecule has 1 heterocycles. The Balaban J connectivity index is 3.17. The molecule has 0 amide bonds. The second-order valence-corrected chi connectivity index (χ2v) is 6.52. The standard InChI is InChI=1S/C16H28BrN3O/c1-6-8-13(21-5)15-19-12(10-11(3)4)14(17)16(20-15)18-9-7-2/h11,13H,6-10H2,1-5H3,(H,18,19,20). The minimum absolute atomic E-state index is 0.0313. The van der Waals surface area contributed by atoms with Crippen LogP contribution in [-0.4, -0.2) is 23.6 Å². The molecule has 0 bridgehead atoms. The van der Waals surface area contributed by atoms with E-state index in [1.54, 1.807) is 7.11 Å². The number of nitrogens with one attached hydrogen (secondary N) is 1. The van der Waals surface area contributed by atoms with Crippen molar-refractivity contribution in [2.75, 3.05) is 19.0 Å². The summed E-state index contributed by atoms with van der Waals surface area (Å²) < 4.78 is 6.55. The third-order valence-corrected chi connectivity index (χ3v) is 4.04. The Labute approximate surface area is 137 Å². The fourth-order valence-corrected chi connectivity index (χ4v) is 2.63. The number of hydrogen-bond acceptors (Lipinski definition) is 4. The molecule has 0 saturated carbocycles. The molecule has 0 aliphatic rings. The fourth-order valence-electron chi connectivity index (χ4n) is 2.15. The molecule has 1 rings (SSSR count). The molecule has 0 aliphatic heterocycles.